The van der Waals surface area contributed by atoms with Gasteiger partial charge in [-0.15, -0.1) is 0 Å². The highest BCUT2D eigenvalue weighted by Crippen LogP contribution is 2.19. The molecule has 4 rings (SSSR count). The van der Waals surface area contributed by atoms with E-state index in [1.807, 2.05) is 4.68 Å². The molecule has 3 aliphatic heterocycles. The van der Waals surface area contributed by atoms with E-state index in [-0.39, 0.29) is 6.04 Å². The minimum atomic E-state index is 0.146. The SMILES string of the molecule is CC(C)Cn1ncnc1CC(N)C1CN2CCN1CC2. The second-order valence-corrected chi connectivity index (χ2v) is 6.52. The van der Waals surface area contributed by atoms with Crippen molar-refractivity contribution in [3.8, 4) is 0 Å². The Labute approximate surface area is 120 Å². The van der Waals surface area contributed by atoms with Crippen LogP contribution in [0.1, 0.15) is 19.7 Å². The summed E-state index contributed by atoms with van der Waals surface area (Å²) in [7, 11) is 0. The van der Waals surface area contributed by atoms with Crippen LogP contribution < -0.4 is 5.73 Å². The van der Waals surface area contributed by atoms with Crippen molar-refractivity contribution >= 4 is 0 Å². The highest BCUT2D eigenvalue weighted by Gasteiger charge is 2.35. The lowest BCUT2D eigenvalue weighted by Crippen LogP contribution is -2.66. The maximum atomic E-state index is 6.48. The zero-order valence-corrected chi connectivity index (χ0v) is 12.6. The molecule has 112 valence electrons. The molecule has 3 saturated heterocycles. The number of rotatable bonds is 5. The lowest BCUT2D eigenvalue weighted by Gasteiger charge is -2.49. The van der Waals surface area contributed by atoms with E-state index in [9.17, 15) is 0 Å². The normalized spacial score (nSPS) is 30.9. The Morgan fingerprint density at radius 1 is 1.30 bits per heavy atom. The van der Waals surface area contributed by atoms with Gasteiger partial charge in [-0.25, -0.2) is 9.67 Å². The molecule has 0 radical (unpaired) electrons. The third-order valence-corrected chi connectivity index (χ3v) is 4.47. The molecule has 20 heavy (non-hydrogen) atoms. The van der Waals surface area contributed by atoms with Crippen LogP contribution in [0.5, 0.6) is 0 Å². The molecule has 4 heterocycles. The van der Waals surface area contributed by atoms with Gasteiger partial charge in [-0.3, -0.25) is 9.80 Å². The van der Waals surface area contributed by atoms with Gasteiger partial charge in [0.1, 0.15) is 12.2 Å². The summed E-state index contributed by atoms with van der Waals surface area (Å²) >= 11 is 0. The average molecular weight is 278 g/mol. The molecule has 0 amide bonds. The molecule has 0 aromatic carbocycles. The zero-order valence-electron chi connectivity index (χ0n) is 12.6. The Morgan fingerprint density at radius 2 is 2.05 bits per heavy atom. The van der Waals surface area contributed by atoms with Crippen LogP contribution in [0.25, 0.3) is 0 Å². The van der Waals surface area contributed by atoms with Gasteiger partial charge in [0.05, 0.1) is 0 Å². The first-order valence-electron chi connectivity index (χ1n) is 7.72. The summed E-state index contributed by atoms with van der Waals surface area (Å²) in [5.41, 5.74) is 6.48. The number of hydrogen-bond acceptors (Lipinski definition) is 5. The second kappa shape index (κ2) is 5.79. The van der Waals surface area contributed by atoms with E-state index in [0.29, 0.717) is 12.0 Å². The van der Waals surface area contributed by atoms with Crippen LogP contribution in [0.2, 0.25) is 0 Å². The summed E-state index contributed by atoms with van der Waals surface area (Å²) in [4.78, 5) is 9.49. The smallest absolute Gasteiger partial charge is 0.138 e. The monoisotopic (exact) mass is 278 g/mol. The minimum Gasteiger partial charge on any atom is -0.326 e. The van der Waals surface area contributed by atoms with Crippen LogP contribution in [0, 0.1) is 5.92 Å². The molecule has 6 nitrogen and oxygen atoms in total. The molecule has 1 aromatic heterocycles. The van der Waals surface area contributed by atoms with Crippen LogP contribution in [-0.4, -0.2) is 69.4 Å². The molecule has 2 unspecified atom stereocenters. The van der Waals surface area contributed by atoms with Gasteiger partial charge in [0, 0.05) is 57.8 Å². The highest BCUT2D eigenvalue weighted by molar-refractivity contribution is 4.99. The van der Waals surface area contributed by atoms with Crippen molar-refractivity contribution in [2.24, 2.45) is 11.7 Å². The van der Waals surface area contributed by atoms with E-state index < -0.39 is 0 Å². The minimum absolute atomic E-state index is 0.146. The number of hydrogen-bond donors (Lipinski definition) is 1. The number of nitrogens with two attached hydrogens (primary N) is 1. The van der Waals surface area contributed by atoms with Gasteiger partial charge in [0.15, 0.2) is 0 Å². The van der Waals surface area contributed by atoms with Crippen LogP contribution in [-0.2, 0) is 13.0 Å². The summed E-state index contributed by atoms with van der Waals surface area (Å²) in [6, 6.07) is 0.620. The zero-order chi connectivity index (χ0) is 14.1. The Morgan fingerprint density at radius 3 is 2.65 bits per heavy atom. The van der Waals surface area contributed by atoms with Crippen molar-refractivity contribution in [2.75, 3.05) is 32.7 Å². The van der Waals surface area contributed by atoms with E-state index >= 15 is 0 Å². The van der Waals surface area contributed by atoms with Gasteiger partial charge in [-0.05, 0) is 5.92 Å². The third-order valence-electron chi connectivity index (χ3n) is 4.47. The van der Waals surface area contributed by atoms with Gasteiger partial charge in [0.2, 0.25) is 0 Å². The molecule has 6 heteroatoms. The standard InChI is InChI=1S/C14H26N6/c1-11(2)8-20-14(16-10-17-20)7-12(15)13-9-18-3-5-19(13)6-4-18/h10-13H,3-9,15H2,1-2H3. The van der Waals surface area contributed by atoms with Gasteiger partial charge < -0.3 is 5.73 Å². The van der Waals surface area contributed by atoms with Crippen LogP contribution in [0.3, 0.4) is 0 Å². The van der Waals surface area contributed by atoms with Gasteiger partial charge >= 0.3 is 0 Å². The first-order chi connectivity index (χ1) is 9.63. The lowest BCUT2D eigenvalue weighted by molar-refractivity contribution is 0.00221. The van der Waals surface area contributed by atoms with E-state index in [0.717, 1.165) is 38.4 Å². The van der Waals surface area contributed by atoms with Gasteiger partial charge in [-0.1, -0.05) is 13.8 Å². The first kappa shape index (κ1) is 14.0. The predicted molar refractivity (Wildman–Crippen MR) is 78.3 cm³/mol. The summed E-state index contributed by atoms with van der Waals surface area (Å²) in [5, 5.41) is 4.33. The van der Waals surface area contributed by atoms with E-state index in [1.165, 1.54) is 13.1 Å². The molecule has 2 N–H and O–H groups in total. The maximum Gasteiger partial charge on any atom is 0.138 e. The van der Waals surface area contributed by atoms with Crippen LogP contribution in [0.15, 0.2) is 6.33 Å². The van der Waals surface area contributed by atoms with Crippen molar-refractivity contribution < 1.29 is 0 Å². The van der Waals surface area contributed by atoms with E-state index in [1.54, 1.807) is 6.33 Å². The van der Waals surface area contributed by atoms with E-state index in [4.69, 9.17) is 5.73 Å². The molecule has 3 aliphatic rings. The van der Waals surface area contributed by atoms with Gasteiger partial charge in [0.25, 0.3) is 0 Å². The maximum absolute atomic E-state index is 6.48. The van der Waals surface area contributed by atoms with Crippen molar-refractivity contribution in [3.63, 3.8) is 0 Å². The molecule has 0 saturated carbocycles. The number of aromatic nitrogens is 3. The molecule has 0 spiro atoms. The molecule has 1 aromatic rings. The fraction of sp³-hybridized carbons (Fsp3) is 0.857. The first-order valence-corrected chi connectivity index (χ1v) is 7.72. The lowest BCUT2D eigenvalue weighted by atomic mass is 9.98. The second-order valence-electron chi connectivity index (χ2n) is 6.52. The van der Waals surface area contributed by atoms with E-state index in [2.05, 4.69) is 33.7 Å². The van der Waals surface area contributed by atoms with Crippen molar-refractivity contribution in [1.82, 2.24) is 24.6 Å². The topological polar surface area (TPSA) is 63.2 Å². The molecule has 0 aliphatic carbocycles. The van der Waals surface area contributed by atoms with Crippen molar-refractivity contribution in [3.05, 3.63) is 12.2 Å². The average Bonchev–Trinajstić information content (AvgIpc) is 2.86. The number of nitrogens with zero attached hydrogens (tertiary/aromatic N) is 5. The molecule has 2 bridgehead atoms. The third kappa shape index (κ3) is 2.87. The molecule has 3 fully saturated rings. The predicted octanol–water partition coefficient (Wildman–Crippen LogP) is -0.196. The molecular weight excluding hydrogens is 252 g/mol. The Bertz CT molecular complexity index is 435. The van der Waals surface area contributed by atoms with Crippen LogP contribution >= 0.6 is 0 Å². The number of piperazine rings is 3. The summed E-state index contributed by atoms with van der Waals surface area (Å²) in [6.45, 7) is 11.2. The summed E-state index contributed by atoms with van der Waals surface area (Å²) in [6.07, 6.45) is 2.48. The molecule has 2 atom stereocenters. The Balaban J connectivity index is 1.64. The van der Waals surface area contributed by atoms with Crippen molar-refractivity contribution in [1.29, 1.82) is 0 Å². The van der Waals surface area contributed by atoms with Crippen LogP contribution in [0.4, 0.5) is 0 Å². The summed E-state index contributed by atoms with van der Waals surface area (Å²) < 4.78 is 2.02. The van der Waals surface area contributed by atoms with Crippen molar-refractivity contribution in [2.45, 2.75) is 38.9 Å². The van der Waals surface area contributed by atoms with Gasteiger partial charge in [-0.2, -0.15) is 5.10 Å². The largest absolute Gasteiger partial charge is 0.326 e. The number of fused-ring (bicyclic) bond motifs is 3. The quantitative estimate of drug-likeness (QED) is 0.808. The fourth-order valence-electron chi connectivity index (χ4n) is 3.36. The Kier molecular flexibility index (Phi) is 4.05. The summed E-state index contributed by atoms with van der Waals surface area (Å²) in [5.74, 6) is 1.61. The highest BCUT2D eigenvalue weighted by atomic mass is 15.4. The molecular formula is C14H26N6. The Hall–Kier alpha value is -0.980. The fourth-order valence-corrected chi connectivity index (χ4v) is 3.36.